The second kappa shape index (κ2) is 5.99. The Labute approximate surface area is 120 Å². The molecule has 0 aliphatic heterocycles. The van der Waals surface area contributed by atoms with Crippen LogP contribution in [0.3, 0.4) is 0 Å². The lowest BCUT2D eigenvalue weighted by Gasteiger charge is -2.13. The molecule has 0 spiro atoms. The zero-order chi connectivity index (χ0) is 14.6. The molecule has 0 amide bonds. The van der Waals surface area contributed by atoms with Crippen LogP contribution < -0.4 is 10.1 Å². The van der Waals surface area contributed by atoms with Gasteiger partial charge in [-0.1, -0.05) is 20.8 Å². The van der Waals surface area contributed by atoms with Crippen LogP contribution in [0.5, 0.6) is 5.75 Å². The monoisotopic (exact) mass is 274 g/mol. The van der Waals surface area contributed by atoms with E-state index >= 15 is 0 Å². The minimum Gasteiger partial charge on any atom is -0.494 e. The Hall–Kier alpha value is -1.97. The largest absolute Gasteiger partial charge is 0.494 e. The van der Waals surface area contributed by atoms with Gasteiger partial charge in [0.15, 0.2) is 0 Å². The van der Waals surface area contributed by atoms with E-state index in [9.17, 15) is 0 Å². The Morgan fingerprint density at radius 2 is 1.90 bits per heavy atom. The van der Waals surface area contributed by atoms with Gasteiger partial charge in [-0.3, -0.25) is 0 Å². The SMILES string of the molecule is CCOc1ccc(NCc2ncc(C(C)(C)C)o2)cc1. The third-order valence-corrected chi connectivity index (χ3v) is 2.90. The van der Waals surface area contributed by atoms with Crippen molar-refractivity contribution in [1.82, 2.24) is 4.98 Å². The van der Waals surface area contributed by atoms with Crippen LogP contribution >= 0.6 is 0 Å². The highest BCUT2D eigenvalue weighted by Crippen LogP contribution is 2.23. The zero-order valence-corrected chi connectivity index (χ0v) is 12.6. The van der Waals surface area contributed by atoms with E-state index < -0.39 is 0 Å². The molecule has 0 saturated heterocycles. The van der Waals surface area contributed by atoms with Crippen molar-refractivity contribution in [2.24, 2.45) is 0 Å². The Morgan fingerprint density at radius 3 is 2.45 bits per heavy atom. The van der Waals surface area contributed by atoms with Gasteiger partial charge >= 0.3 is 0 Å². The minimum atomic E-state index is -0.00953. The highest BCUT2D eigenvalue weighted by Gasteiger charge is 2.18. The lowest BCUT2D eigenvalue weighted by molar-refractivity contribution is 0.340. The summed E-state index contributed by atoms with van der Waals surface area (Å²) in [4.78, 5) is 4.29. The number of ether oxygens (including phenoxy) is 1. The number of hydrogen-bond acceptors (Lipinski definition) is 4. The fraction of sp³-hybridized carbons (Fsp3) is 0.438. The molecule has 0 unspecified atom stereocenters. The average molecular weight is 274 g/mol. The first kappa shape index (κ1) is 14.4. The molecule has 1 N–H and O–H groups in total. The number of nitrogens with zero attached hydrogens (tertiary/aromatic N) is 1. The fourth-order valence-corrected chi connectivity index (χ4v) is 1.75. The third kappa shape index (κ3) is 3.76. The molecule has 0 fully saturated rings. The van der Waals surface area contributed by atoms with Gasteiger partial charge < -0.3 is 14.5 Å². The molecule has 0 atom stereocenters. The van der Waals surface area contributed by atoms with Crippen LogP contribution in [0.4, 0.5) is 5.69 Å². The zero-order valence-electron chi connectivity index (χ0n) is 12.6. The maximum atomic E-state index is 5.73. The standard InChI is InChI=1S/C16H22N2O2/c1-5-19-13-8-6-12(7-9-13)17-11-15-18-10-14(20-15)16(2,3)4/h6-10,17H,5,11H2,1-4H3. The minimum absolute atomic E-state index is 0.00953. The molecule has 0 aliphatic rings. The number of rotatable bonds is 5. The first-order chi connectivity index (χ1) is 9.49. The highest BCUT2D eigenvalue weighted by atomic mass is 16.5. The molecule has 1 heterocycles. The highest BCUT2D eigenvalue weighted by molar-refractivity contribution is 5.46. The molecular weight excluding hydrogens is 252 g/mol. The number of nitrogens with one attached hydrogen (secondary N) is 1. The summed E-state index contributed by atoms with van der Waals surface area (Å²) < 4.78 is 11.1. The smallest absolute Gasteiger partial charge is 0.213 e. The van der Waals surface area contributed by atoms with Crippen LogP contribution in [0.15, 0.2) is 34.9 Å². The number of hydrogen-bond donors (Lipinski definition) is 1. The van der Waals surface area contributed by atoms with Crippen molar-refractivity contribution in [1.29, 1.82) is 0 Å². The third-order valence-electron chi connectivity index (χ3n) is 2.90. The van der Waals surface area contributed by atoms with Crippen LogP contribution in [0.2, 0.25) is 0 Å². The van der Waals surface area contributed by atoms with Gasteiger partial charge in [-0.25, -0.2) is 4.98 Å². The van der Waals surface area contributed by atoms with Crippen molar-refractivity contribution in [2.45, 2.75) is 39.7 Å². The van der Waals surface area contributed by atoms with Gasteiger partial charge in [0.2, 0.25) is 5.89 Å². The predicted octanol–water partition coefficient (Wildman–Crippen LogP) is 3.98. The van der Waals surface area contributed by atoms with Gasteiger partial charge in [0.25, 0.3) is 0 Å². The van der Waals surface area contributed by atoms with Gasteiger partial charge in [-0.2, -0.15) is 0 Å². The topological polar surface area (TPSA) is 47.3 Å². The summed E-state index contributed by atoms with van der Waals surface area (Å²) >= 11 is 0. The molecule has 0 radical (unpaired) electrons. The van der Waals surface area contributed by atoms with E-state index in [1.807, 2.05) is 31.2 Å². The van der Waals surface area contributed by atoms with Gasteiger partial charge in [0, 0.05) is 11.1 Å². The van der Waals surface area contributed by atoms with Crippen LogP contribution in [0.25, 0.3) is 0 Å². The maximum absolute atomic E-state index is 5.73. The Bertz CT molecular complexity index is 538. The quantitative estimate of drug-likeness (QED) is 0.895. The Morgan fingerprint density at radius 1 is 1.20 bits per heavy atom. The van der Waals surface area contributed by atoms with E-state index in [4.69, 9.17) is 9.15 Å². The fourth-order valence-electron chi connectivity index (χ4n) is 1.75. The van der Waals surface area contributed by atoms with E-state index in [1.54, 1.807) is 6.20 Å². The van der Waals surface area contributed by atoms with E-state index in [0.717, 1.165) is 17.2 Å². The molecule has 20 heavy (non-hydrogen) atoms. The van der Waals surface area contributed by atoms with Crippen LogP contribution in [-0.2, 0) is 12.0 Å². The van der Waals surface area contributed by atoms with Gasteiger partial charge in [-0.15, -0.1) is 0 Å². The van der Waals surface area contributed by atoms with Crippen molar-refractivity contribution in [3.8, 4) is 5.75 Å². The molecule has 4 nitrogen and oxygen atoms in total. The van der Waals surface area contributed by atoms with Crippen LogP contribution in [0, 0.1) is 0 Å². The molecule has 0 bridgehead atoms. The first-order valence-corrected chi connectivity index (χ1v) is 6.91. The number of anilines is 1. The average Bonchev–Trinajstić information content (AvgIpc) is 2.87. The molecule has 4 heteroatoms. The molecule has 1 aromatic carbocycles. The summed E-state index contributed by atoms with van der Waals surface area (Å²) in [6.07, 6.45) is 1.80. The molecule has 0 aliphatic carbocycles. The summed E-state index contributed by atoms with van der Waals surface area (Å²) in [5.41, 5.74) is 1.01. The van der Waals surface area contributed by atoms with E-state index in [0.29, 0.717) is 19.0 Å². The van der Waals surface area contributed by atoms with Crippen LogP contribution in [0.1, 0.15) is 39.3 Å². The van der Waals surface area contributed by atoms with Crippen molar-refractivity contribution in [2.75, 3.05) is 11.9 Å². The van der Waals surface area contributed by atoms with Crippen molar-refractivity contribution < 1.29 is 9.15 Å². The molecular formula is C16H22N2O2. The Kier molecular flexibility index (Phi) is 4.32. The lowest BCUT2D eigenvalue weighted by atomic mass is 9.94. The van der Waals surface area contributed by atoms with Crippen molar-refractivity contribution in [3.05, 3.63) is 42.1 Å². The molecule has 0 saturated carbocycles. The molecule has 2 rings (SSSR count). The summed E-state index contributed by atoms with van der Waals surface area (Å²) in [5, 5.41) is 3.28. The number of oxazole rings is 1. The van der Waals surface area contributed by atoms with E-state index in [1.165, 1.54) is 0 Å². The number of aromatic nitrogens is 1. The molecule has 2 aromatic rings. The molecule has 108 valence electrons. The van der Waals surface area contributed by atoms with Crippen molar-refractivity contribution in [3.63, 3.8) is 0 Å². The van der Waals surface area contributed by atoms with E-state index in [-0.39, 0.29) is 5.41 Å². The summed E-state index contributed by atoms with van der Waals surface area (Å²) in [6.45, 7) is 9.55. The van der Waals surface area contributed by atoms with E-state index in [2.05, 4.69) is 31.1 Å². The Balaban J connectivity index is 1.93. The van der Waals surface area contributed by atoms with Gasteiger partial charge in [0.05, 0.1) is 19.3 Å². The second-order valence-electron chi connectivity index (χ2n) is 5.68. The predicted molar refractivity (Wildman–Crippen MR) is 80.1 cm³/mol. The maximum Gasteiger partial charge on any atom is 0.213 e. The number of benzene rings is 1. The first-order valence-electron chi connectivity index (χ1n) is 6.91. The van der Waals surface area contributed by atoms with Gasteiger partial charge in [-0.05, 0) is 31.2 Å². The normalized spacial score (nSPS) is 11.4. The summed E-state index contributed by atoms with van der Waals surface area (Å²) in [7, 11) is 0. The van der Waals surface area contributed by atoms with Crippen molar-refractivity contribution >= 4 is 5.69 Å². The van der Waals surface area contributed by atoms with Gasteiger partial charge in [0.1, 0.15) is 11.5 Å². The lowest BCUT2D eigenvalue weighted by Crippen LogP contribution is -2.09. The summed E-state index contributed by atoms with van der Waals surface area (Å²) in [6, 6.07) is 7.86. The summed E-state index contributed by atoms with van der Waals surface area (Å²) in [5.74, 6) is 2.48. The molecule has 1 aromatic heterocycles. The van der Waals surface area contributed by atoms with Crippen LogP contribution in [-0.4, -0.2) is 11.6 Å². The second-order valence-corrected chi connectivity index (χ2v) is 5.68.